The summed E-state index contributed by atoms with van der Waals surface area (Å²) in [5, 5.41) is 16.8. The molecule has 1 atom stereocenters. The number of hydrogen-bond donors (Lipinski definition) is 3. The first kappa shape index (κ1) is 11.9. The first-order valence-corrected chi connectivity index (χ1v) is 5.93. The number of hydrogen-bond acceptors (Lipinski definition) is 3. The van der Waals surface area contributed by atoms with E-state index in [1.807, 2.05) is 25.1 Å². The number of nitrogens with two attached hydrogens (primary N) is 1. The highest BCUT2D eigenvalue weighted by molar-refractivity contribution is 6.01. The summed E-state index contributed by atoms with van der Waals surface area (Å²) in [4.78, 5) is 2.23. The molecule has 17 heavy (non-hydrogen) atoms. The summed E-state index contributed by atoms with van der Waals surface area (Å²) in [5.74, 6) is 0.450. The summed E-state index contributed by atoms with van der Waals surface area (Å²) in [5.41, 5.74) is 8.61. The highest BCUT2D eigenvalue weighted by Crippen LogP contribution is 2.29. The number of rotatable bonds is 3. The van der Waals surface area contributed by atoms with Crippen LogP contribution in [-0.2, 0) is 0 Å². The van der Waals surface area contributed by atoms with Crippen LogP contribution in [0.25, 0.3) is 0 Å². The molecule has 1 unspecified atom stereocenters. The molecule has 1 aliphatic rings. The molecule has 1 aliphatic heterocycles. The van der Waals surface area contributed by atoms with Gasteiger partial charge in [0.25, 0.3) is 0 Å². The molecule has 4 N–H and O–H groups in total. The minimum Gasteiger partial charge on any atom is -0.396 e. The molecule has 0 bridgehead atoms. The fraction of sp³-hybridized carbons (Fsp3) is 0.462. The van der Waals surface area contributed by atoms with E-state index < -0.39 is 0 Å². The van der Waals surface area contributed by atoms with Gasteiger partial charge in [-0.15, -0.1) is 0 Å². The van der Waals surface area contributed by atoms with Crippen molar-refractivity contribution in [3.05, 3.63) is 29.3 Å². The highest BCUT2D eigenvalue weighted by atomic mass is 16.3. The van der Waals surface area contributed by atoms with Crippen LogP contribution in [0, 0.1) is 18.3 Å². The smallest absolute Gasteiger partial charge is 0.124 e. The van der Waals surface area contributed by atoms with Crippen molar-refractivity contribution in [3.8, 4) is 0 Å². The van der Waals surface area contributed by atoms with Crippen LogP contribution in [-0.4, -0.2) is 30.6 Å². The van der Waals surface area contributed by atoms with Crippen LogP contribution in [0.4, 0.5) is 5.69 Å². The Balaban J connectivity index is 2.34. The van der Waals surface area contributed by atoms with E-state index in [0.717, 1.165) is 36.3 Å². The Labute approximate surface area is 102 Å². The molecule has 0 saturated carbocycles. The zero-order valence-electron chi connectivity index (χ0n) is 10.1. The van der Waals surface area contributed by atoms with E-state index in [0.29, 0.717) is 5.92 Å². The minimum absolute atomic E-state index is 0.108. The first-order valence-electron chi connectivity index (χ1n) is 5.93. The van der Waals surface area contributed by atoms with Crippen molar-refractivity contribution in [2.45, 2.75) is 13.3 Å². The van der Waals surface area contributed by atoms with Crippen molar-refractivity contribution < 1.29 is 5.11 Å². The Morgan fingerprint density at radius 1 is 1.59 bits per heavy atom. The molecule has 0 amide bonds. The van der Waals surface area contributed by atoms with Crippen LogP contribution in [0.1, 0.15) is 17.5 Å². The summed E-state index contributed by atoms with van der Waals surface area (Å²) in [6, 6.07) is 5.85. The van der Waals surface area contributed by atoms with Crippen LogP contribution in [0.5, 0.6) is 0 Å². The third kappa shape index (κ3) is 2.26. The average Bonchev–Trinajstić information content (AvgIpc) is 2.76. The van der Waals surface area contributed by atoms with E-state index in [9.17, 15) is 5.11 Å². The number of amidine groups is 1. The van der Waals surface area contributed by atoms with Crippen LogP contribution in [0.15, 0.2) is 18.2 Å². The minimum atomic E-state index is 0.108. The molecule has 0 aliphatic carbocycles. The fourth-order valence-corrected chi connectivity index (χ4v) is 2.48. The monoisotopic (exact) mass is 233 g/mol. The highest BCUT2D eigenvalue weighted by Gasteiger charge is 2.25. The van der Waals surface area contributed by atoms with Gasteiger partial charge in [-0.3, -0.25) is 5.41 Å². The molecule has 1 fully saturated rings. The lowest BCUT2D eigenvalue weighted by atomic mass is 10.1. The zero-order chi connectivity index (χ0) is 12.4. The largest absolute Gasteiger partial charge is 0.396 e. The molecule has 1 aromatic carbocycles. The van der Waals surface area contributed by atoms with E-state index in [1.165, 1.54) is 0 Å². The first-order chi connectivity index (χ1) is 8.13. The molecule has 92 valence electrons. The van der Waals surface area contributed by atoms with Gasteiger partial charge in [0.2, 0.25) is 0 Å². The Kier molecular flexibility index (Phi) is 3.33. The summed E-state index contributed by atoms with van der Waals surface area (Å²) >= 11 is 0. The second-order valence-corrected chi connectivity index (χ2v) is 4.67. The molecule has 0 radical (unpaired) electrons. The molecule has 0 spiro atoms. The lowest BCUT2D eigenvalue weighted by Crippen LogP contribution is -2.25. The predicted molar refractivity (Wildman–Crippen MR) is 69.6 cm³/mol. The number of aliphatic hydroxyl groups is 1. The van der Waals surface area contributed by atoms with Crippen LogP contribution in [0.2, 0.25) is 0 Å². The molecule has 4 heteroatoms. The van der Waals surface area contributed by atoms with Gasteiger partial charge < -0.3 is 15.7 Å². The van der Waals surface area contributed by atoms with Gasteiger partial charge in [0, 0.05) is 31.2 Å². The number of nitrogen functional groups attached to an aromatic ring is 1. The summed E-state index contributed by atoms with van der Waals surface area (Å²) in [6.07, 6.45) is 1.00. The second kappa shape index (κ2) is 4.75. The molecule has 0 aromatic heterocycles. The third-order valence-corrected chi connectivity index (χ3v) is 3.39. The Hall–Kier alpha value is -1.55. The number of aryl methyl sites for hydroxylation is 1. The molecular formula is C13H19N3O. The topological polar surface area (TPSA) is 73.3 Å². The van der Waals surface area contributed by atoms with Gasteiger partial charge in [0.05, 0.1) is 5.69 Å². The summed E-state index contributed by atoms with van der Waals surface area (Å²) < 4.78 is 0. The van der Waals surface area contributed by atoms with E-state index in [-0.39, 0.29) is 12.4 Å². The van der Waals surface area contributed by atoms with Gasteiger partial charge in [-0.05, 0) is 25.0 Å². The van der Waals surface area contributed by atoms with Gasteiger partial charge in [-0.2, -0.15) is 0 Å². The molecule has 1 heterocycles. The fourth-order valence-electron chi connectivity index (χ4n) is 2.48. The maximum absolute atomic E-state index is 9.18. The Morgan fingerprint density at radius 2 is 2.35 bits per heavy atom. The van der Waals surface area contributed by atoms with Crippen molar-refractivity contribution in [1.29, 1.82) is 5.41 Å². The summed E-state index contributed by atoms with van der Waals surface area (Å²) in [7, 11) is 0. The molecule has 2 rings (SSSR count). The Bertz CT molecular complexity index is 431. The second-order valence-electron chi connectivity index (χ2n) is 4.67. The Morgan fingerprint density at radius 3 is 2.94 bits per heavy atom. The van der Waals surface area contributed by atoms with Crippen molar-refractivity contribution >= 4 is 11.5 Å². The molecule has 4 nitrogen and oxygen atoms in total. The van der Waals surface area contributed by atoms with Crippen molar-refractivity contribution in [2.24, 2.45) is 11.7 Å². The normalized spacial score (nSPS) is 19.6. The van der Waals surface area contributed by atoms with E-state index >= 15 is 0 Å². The van der Waals surface area contributed by atoms with Crippen molar-refractivity contribution in [1.82, 2.24) is 0 Å². The SMILES string of the molecule is Cc1cccc(C(=N)N)c1N1CCC(CO)C1. The third-order valence-electron chi connectivity index (χ3n) is 3.39. The van der Waals surface area contributed by atoms with E-state index in [4.69, 9.17) is 11.1 Å². The number of aliphatic hydroxyl groups excluding tert-OH is 1. The number of nitrogens with one attached hydrogen (secondary N) is 1. The lowest BCUT2D eigenvalue weighted by Gasteiger charge is -2.23. The number of benzene rings is 1. The maximum Gasteiger partial charge on any atom is 0.124 e. The maximum atomic E-state index is 9.18. The number of anilines is 1. The van der Waals surface area contributed by atoms with Crippen LogP contribution in [0.3, 0.4) is 0 Å². The van der Waals surface area contributed by atoms with E-state index in [1.54, 1.807) is 0 Å². The quantitative estimate of drug-likeness (QED) is 0.540. The van der Waals surface area contributed by atoms with E-state index in [2.05, 4.69) is 4.90 Å². The molecule has 1 saturated heterocycles. The van der Waals surface area contributed by atoms with Crippen molar-refractivity contribution in [2.75, 3.05) is 24.6 Å². The molecular weight excluding hydrogens is 214 g/mol. The van der Waals surface area contributed by atoms with Crippen LogP contribution >= 0.6 is 0 Å². The number of para-hydroxylation sites is 1. The van der Waals surface area contributed by atoms with Gasteiger partial charge in [-0.1, -0.05) is 12.1 Å². The predicted octanol–water partition coefficient (Wildman–Crippen LogP) is 1.10. The van der Waals surface area contributed by atoms with Gasteiger partial charge in [0.1, 0.15) is 5.84 Å². The van der Waals surface area contributed by atoms with Gasteiger partial charge in [0.15, 0.2) is 0 Å². The standard InChI is InChI=1S/C13H19N3O/c1-9-3-2-4-11(13(14)15)12(9)16-6-5-10(7-16)8-17/h2-4,10,17H,5-8H2,1H3,(H3,14,15). The van der Waals surface area contributed by atoms with Gasteiger partial charge in [-0.25, -0.2) is 0 Å². The van der Waals surface area contributed by atoms with Gasteiger partial charge >= 0.3 is 0 Å². The zero-order valence-corrected chi connectivity index (χ0v) is 10.1. The van der Waals surface area contributed by atoms with Crippen molar-refractivity contribution in [3.63, 3.8) is 0 Å². The van der Waals surface area contributed by atoms with Crippen LogP contribution < -0.4 is 10.6 Å². The average molecular weight is 233 g/mol. The molecule has 1 aromatic rings. The number of nitrogens with zero attached hydrogens (tertiary/aromatic N) is 1. The summed E-state index contributed by atoms with van der Waals surface area (Å²) in [6.45, 7) is 4.05. The lowest BCUT2D eigenvalue weighted by molar-refractivity contribution is 0.238.